The summed E-state index contributed by atoms with van der Waals surface area (Å²) in [5, 5.41) is 0. The predicted molar refractivity (Wildman–Crippen MR) is 100 cm³/mol. The van der Waals surface area contributed by atoms with Gasteiger partial charge in [-0.3, -0.25) is 9.80 Å². The Bertz CT molecular complexity index is 749. The van der Waals surface area contributed by atoms with Crippen molar-refractivity contribution in [1.82, 2.24) is 14.8 Å². The molecule has 0 saturated carbocycles. The van der Waals surface area contributed by atoms with Gasteiger partial charge in [0.25, 0.3) is 0 Å². The molecule has 0 amide bonds. The number of hydrogen-bond acceptors (Lipinski definition) is 5. The average molecular weight is 394 g/mol. The number of aromatic nitrogens is 1. The van der Waals surface area contributed by atoms with Gasteiger partial charge in [0.2, 0.25) is 0 Å². The summed E-state index contributed by atoms with van der Waals surface area (Å²) < 4.78 is 44.9. The summed E-state index contributed by atoms with van der Waals surface area (Å²) in [6, 6.07) is 4.97. The number of piperazine rings is 1. The molecule has 0 spiro atoms. The largest absolute Gasteiger partial charge is 0.472 e. The first-order chi connectivity index (χ1) is 13.5. The van der Waals surface area contributed by atoms with E-state index in [9.17, 15) is 13.2 Å². The normalized spacial score (nSPS) is 20.6. The van der Waals surface area contributed by atoms with Crippen molar-refractivity contribution in [2.75, 3.05) is 44.2 Å². The molecule has 0 aliphatic carbocycles. The smallest absolute Gasteiger partial charge is 0.419 e. The fourth-order valence-corrected chi connectivity index (χ4v) is 4.25. The van der Waals surface area contributed by atoms with Crippen molar-refractivity contribution in [2.24, 2.45) is 0 Å². The van der Waals surface area contributed by atoms with E-state index >= 15 is 0 Å². The van der Waals surface area contributed by atoms with Gasteiger partial charge in [0.15, 0.2) is 0 Å². The maximum absolute atomic E-state index is 13.3. The summed E-state index contributed by atoms with van der Waals surface area (Å²) in [5.41, 5.74) is 0.555. The number of alkyl halides is 3. The van der Waals surface area contributed by atoms with Crippen LogP contribution in [0.4, 0.5) is 19.0 Å². The number of furan rings is 1. The molecule has 0 bridgehead atoms. The van der Waals surface area contributed by atoms with Crippen molar-refractivity contribution < 1.29 is 17.6 Å². The monoisotopic (exact) mass is 394 g/mol. The fourth-order valence-electron chi connectivity index (χ4n) is 4.25. The van der Waals surface area contributed by atoms with E-state index in [4.69, 9.17) is 4.42 Å². The summed E-state index contributed by atoms with van der Waals surface area (Å²) in [5.74, 6) is 0.0598. The molecule has 8 heteroatoms. The third kappa shape index (κ3) is 4.33. The number of anilines is 1. The van der Waals surface area contributed by atoms with Crippen LogP contribution in [0.15, 0.2) is 41.3 Å². The number of halogens is 3. The Balaban J connectivity index is 1.30. The molecule has 0 unspecified atom stereocenters. The van der Waals surface area contributed by atoms with Crippen molar-refractivity contribution in [3.05, 3.63) is 48.0 Å². The Hall–Kier alpha value is -2.06. The summed E-state index contributed by atoms with van der Waals surface area (Å²) in [6.07, 6.45) is 2.74. The molecule has 4 heterocycles. The third-order valence-corrected chi connectivity index (χ3v) is 5.77. The summed E-state index contributed by atoms with van der Waals surface area (Å²) in [7, 11) is 0. The van der Waals surface area contributed by atoms with Crippen molar-refractivity contribution in [2.45, 2.75) is 31.6 Å². The van der Waals surface area contributed by atoms with Crippen LogP contribution in [0.3, 0.4) is 0 Å². The number of nitrogens with zero attached hydrogens (tertiary/aromatic N) is 4. The minimum Gasteiger partial charge on any atom is -0.472 e. The number of pyridine rings is 1. The second kappa shape index (κ2) is 8.13. The standard InChI is InChI=1S/C20H25F3N4O/c21-20(22,23)18-2-1-6-24-19(18)27-11-9-26(10-12-27)17-3-7-25(8-4-17)14-16-5-13-28-15-16/h1-2,5-6,13,15,17H,3-4,7-12,14H2. The molecule has 0 aromatic carbocycles. The lowest BCUT2D eigenvalue weighted by atomic mass is 10.0. The van der Waals surface area contributed by atoms with Crippen molar-refractivity contribution in [1.29, 1.82) is 0 Å². The second-order valence-corrected chi connectivity index (χ2v) is 7.53. The number of hydrogen-bond donors (Lipinski definition) is 0. The molecule has 2 aliphatic rings. The highest BCUT2D eigenvalue weighted by molar-refractivity contribution is 5.48. The lowest BCUT2D eigenvalue weighted by molar-refractivity contribution is -0.137. The first kappa shape index (κ1) is 19.3. The maximum Gasteiger partial charge on any atom is 0.419 e. The first-order valence-electron chi connectivity index (χ1n) is 9.75. The van der Waals surface area contributed by atoms with E-state index in [1.807, 2.05) is 6.07 Å². The minimum atomic E-state index is -4.37. The van der Waals surface area contributed by atoms with Crippen molar-refractivity contribution in [3.63, 3.8) is 0 Å². The van der Waals surface area contributed by atoms with Crippen molar-refractivity contribution in [3.8, 4) is 0 Å². The molecule has 5 nitrogen and oxygen atoms in total. The van der Waals surface area contributed by atoms with Crippen LogP contribution in [-0.2, 0) is 12.7 Å². The molecular formula is C20H25F3N4O. The lowest BCUT2D eigenvalue weighted by Gasteiger charge is -2.43. The van der Waals surface area contributed by atoms with Crippen LogP contribution in [-0.4, -0.2) is 60.1 Å². The van der Waals surface area contributed by atoms with Crippen molar-refractivity contribution >= 4 is 5.82 Å². The molecular weight excluding hydrogens is 369 g/mol. The maximum atomic E-state index is 13.3. The molecule has 2 aliphatic heterocycles. The highest BCUT2D eigenvalue weighted by Crippen LogP contribution is 2.35. The molecule has 0 atom stereocenters. The van der Waals surface area contributed by atoms with Gasteiger partial charge in [-0.1, -0.05) is 0 Å². The van der Waals surface area contributed by atoms with E-state index in [0.29, 0.717) is 19.1 Å². The average Bonchev–Trinajstić information content (AvgIpc) is 3.21. The summed E-state index contributed by atoms with van der Waals surface area (Å²) in [4.78, 5) is 10.7. The van der Waals surface area contributed by atoms with E-state index in [-0.39, 0.29) is 5.82 Å². The van der Waals surface area contributed by atoms with E-state index in [1.54, 1.807) is 17.4 Å². The molecule has 2 fully saturated rings. The Morgan fingerprint density at radius 3 is 2.43 bits per heavy atom. The van der Waals surface area contributed by atoms with Gasteiger partial charge in [-0.25, -0.2) is 4.98 Å². The number of likely N-dealkylation sites (tertiary alicyclic amines) is 1. The fraction of sp³-hybridized carbons (Fsp3) is 0.550. The topological polar surface area (TPSA) is 35.8 Å². The van der Waals surface area contributed by atoms with Crippen LogP contribution in [0, 0.1) is 0 Å². The molecule has 0 N–H and O–H groups in total. The van der Waals surface area contributed by atoms with Gasteiger partial charge < -0.3 is 9.32 Å². The Kier molecular flexibility index (Phi) is 5.59. The van der Waals surface area contributed by atoms with Crippen LogP contribution in [0.2, 0.25) is 0 Å². The molecule has 152 valence electrons. The zero-order valence-electron chi connectivity index (χ0n) is 15.7. The Morgan fingerprint density at radius 2 is 1.79 bits per heavy atom. The first-order valence-corrected chi connectivity index (χ1v) is 9.75. The highest BCUT2D eigenvalue weighted by Gasteiger charge is 2.36. The Morgan fingerprint density at radius 1 is 1.04 bits per heavy atom. The van der Waals surface area contributed by atoms with Gasteiger partial charge in [0.05, 0.1) is 18.1 Å². The third-order valence-electron chi connectivity index (χ3n) is 5.77. The molecule has 2 aromatic rings. The number of piperidine rings is 1. The van der Waals surface area contributed by atoms with Gasteiger partial charge >= 0.3 is 6.18 Å². The van der Waals surface area contributed by atoms with E-state index in [2.05, 4.69) is 14.8 Å². The van der Waals surface area contributed by atoms with E-state index in [1.165, 1.54) is 17.8 Å². The number of rotatable bonds is 4. The molecule has 0 radical (unpaired) electrons. The minimum absolute atomic E-state index is 0.0598. The van der Waals surface area contributed by atoms with Gasteiger partial charge in [-0.15, -0.1) is 0 Å². The SMILES string of the molecule is FC(F)(F)c1cccnc1N1CCN(C2CCN(Cc3ccoc3)CC2)CC1. The van der Waals surface area contributed by atoms with Crippen LogP contribution < -0.4 is 4.90 Å². The van der Waals surface area contributed by atoms with Crippen LogP contribution in [0.5, 0.6) is 0 Å². The summed E-state index contributed by atoms with van der Waals surface area (Å²) in [6.45, 7) is 5.70. The lowest BCUT2D eigenvalue weighted by Crippen LogP contribution is -2.53. The molecule has 2 aromatic heterocycles. The zero-order valence-corrected chi connectivity index (χ0v) is 15.7. The van der Waals surface area contributed by atoms with Gasteiger partial charge in [-0.2, -0.15) is 13.2 Å². The zero-order chi connectivity index (χ0) is 19.6. The quantitative estimate of drug-likeness (QED) is 0.794. The highest BCUT2D eigenvalue weighted by atomic mass is 19.4. The molecule has 28 heavy (non-hydrogen) atoms. The second-order valence-electron chi connectivity index (χ2n) is 7.53. The van der Waals surface area contributed by atoms with Crippen LogP contribution in [0.1, 0.15) is 24.0 Å². The van der Waals surface area contributed by atoms with Crippen LogP contribution in [0.25, 0.3) is 0 Å². The molecule has 4 rings (SSSR count). The predicted octanol–water partition coefficient (Wildman–Crippen LogP) is 3.48. The van der Waals surface area contributed by atoms with Gasteiger partial charge in [0.1, 0.15) is 5.82 Å². The summed E-state index contributed by atoms with van der Waals surface area (Å²) >= 11 is 0. The van der Waals surface area contributed by atoms with E-state index < -0.39 is 11.7 Å². The van der Waals surface area contributed by atoms with E-state index in [0.717, 1.165) is 51.6 Å². The van der Waals surface area contributed by atoms with Gasteiger partial charge in [-0.05, 0) is 44.1 Å². The van der Waals surface area contributed by atoms with Gasteiger partial charge in [0, 0.05) is 50.5 Å². The Labute approximate surface area is 162 Å². The molecule has 2 saturated heterocycles. The van der Waals surface area contributed by atoms with Crippen LogP contribution >= 0.6 is 0 Å².